The molecule has 4 rings (SSSR count). The number of hydrogen-bond donors (Lipinski definition) is 2. The number of nitrogens with zero attached hydrogens (tertiary/aromatic N) is 7. The lowest BCUT2D eigenvalue weighted by Gasteiger charge is -2.21. The Morgan fingerprint density at radius 1 is 1.29 bits per heavy atom. The third-order valence-corrected chi connectivity index (χ3v) is 6.12. The zero-order chi connectivity index (χ0) is 27.7. The Morgan fingerprint density at radius 3 is 2.61 bits per heavy atom. The lowest BCUT2D eigenvalue weighted by Crippen LogP contribution is -2.29. The summed E-state index contributed by atoms with van der Waals surface area (Å²) >= 11 is 0. The van der Waals surface area contributed by atoms with Crippen molar-refractivity contribution in [2.75, 3.05) is 5.32 Å². The number of nitriles is 1. The molecule has 0 radical (unpaired) electrons. The van der Waals surface area contributed by atoms with Crippen LogP contribution in [0.4, 0.5) is 18.9 Å². The van der Waals surface area contributed by atoms with Crippen molar-refractivity contribution in [1.82, 2.24) is 24.8 Å². The van der Waals surface area contributed by atoms with Gasteiger partial charge >= 0.3 is 12.1 Å². The Kier molecular flexibility index (Phi) is 9.31. The number of fused-ring (bicyclic) bond motifs is 1. The van der Waals surface area contributed by atoms with Gasteiger partial charge < -0.3 is 5.32 Å². The molecule has 1 unspecified atom stereocenters. The predicted octanol–water partition coefficient (Wildman–Crippen LogP) is 4.95. The molecule has 3 aromatic rings. The molecule has 1 fully saturated rings. The first-order valence-electron chi connectivity index (χ1n) is 11.6. The smallest absolute Gasteiger partial charge is 0.317 e. The van der Waals surface area contributed by atoms with E-state index in [0.717, 1.165) is 25.7 Å². The predicted molar refractivity (Wildman–Crippen MR) is 135 cm³/mol. The quantitative estimate of drug-likeness (QED) is 0.228. The van der Waals surface area contributed by atoms with Gasteiger partial charge in [0.05, 0.1) is 48.3 Å². The molecule has 1 amide bonds. The van der Waals surface area contributed by atoms with Crippen LogP contribution in [0.1, 0.15) is 43.7 Å². The summed E-state index contributed by atoms with van der Waals surface area (Å²) in [5.41, 5.74) is 4.26. The van der Waals surface area contributed by atoms with E-state index >= 15 is 0 Å². The molecule has 11 nitrogen and oxygen atoms in total. The van der Waals surface area contributed by atoms with Gasteiger partial charge in [-0.25, -0.2) is 4.52 Å². The maximum atomic E-state index is 12.7. The number of carbonyl (C=O) groups excluding carboxylic acids is 1. The second-order valence-electron chi connectivity index (χ2n) is 8.52. The molecule has 2 N–H and O–H groups in total. The number of nitroso groups, excluding NO2 is 1. The molecular weight excluding hydrogens is 503 g/mol. The molecule has 38 heavy (non-hydrogen) atoms. The second kappa shape index (κ2) is 12.6. The summed E-state index contributed by atoms with van der Waals surface area (Å²) in [4.78, 5) is 22.3. The Balaban J connectivity index is 0.000000732. The van der Waals surface area contributed by atoms with Gasteiger partial charge in [0.15, 0.2) is 0 Å². The maximum absolute atomic E-state index is 12.7. The molecule has 1 aliphatic carbocycles. The third kappa shape index (κ3) is 6.61. The standard InChI is InChI=1S/C21H20F3N7O2.C3H6N2/c22-21(23,24)20(32)29-16-7-18-19(14(10-28-33)8-26-31(18)12-16)15-9-27-30(11-15)17(5-6-25)13-3-1-2-4-13;1-3-5-4-2/h7-9,11-13,17H,1-5,10H2,(H,29,32);3,5H,1-2H2. The SMILES string of the molecule is C=CNN=C.N#CCC(C1CCCC1)n1cc(-c2c(CN=O)cnn3cc(NC(=O)C(F)(F)F)cc23)cn1. The fourth-order valence-corrected chi connectivity index (χ4v) is 4.51. The number of amides is 1. The van der Waals surface area contributed by atoms with Crippen LogP contribution in [0.25, 0.3) is 16.6 Å². The van der Waals surface area contributed by atoms with Crippen LogP contribution in [0, 0.1) is 22.2 Å². The highest BCUT2D eigenvalue weighted by Gasteiger charge is 2.39. The lowest BCUT2D eigenvalue weighted by atomic mass is 9.96. The minimum absolute atomic E-state index is 0.0924. The van der Waals surface area contributed by atoms with Crippen LogP contribution in [-0.2, 0) is 11.3 Å². The summed E-state index contributed by atoms with van der Waals surface area (Å²) in [6.45, 7) is 6.22. The molecule has 0 aromatic carbocycles. The first kappa shape index (κ1) is 28.0. The molecule has 14 heteroatoms. The van der Waals surface area contributed by atoms with Crippen molar-refractivity contribution in [3.63, 3.8) is 0 Å². The highest BCUT2D eigenvalue weighted by Crippen LogP contribution is 2.37. The van der Waals surface area contributed by atoms with Crippen molar-refractivity contribution in [2.45, 2.75) is 50.9 Å². The van der Waals surface area contributed by atoms with Gasteiger partial charge in [-0.15, -0.1) is 0 Å². The Hall–Kier alpha value is -4.54. The van der Waals surface area contributed by atoms with Crippen molar-refractivity contribution in [1.29, 1.82) is 5.26 Å². The minimum Gasteiger partial charge on any atom is -0.317 e. The van der Waals surface area contributed by atoms with Crippen molar-refractivity contribution >= 4 is 23.8 Å². The number of alkyl halides is 3. The van der Waals surface area contributed by atoms with Crippen LogP contribution in [0.5, 0.6) is 0 Å². The largest absolute Gasteiger partial charge is 0.471 e. The summed E-state index contributed by atoms with van der Waals surface area (Å²) < 4.78 is 41.0. The maximum Gasteiger partial charge on any atom is 0.471 e. The summed E-state index contributed by atoms with van der Waals surface area (Å²) in [5, 5.41) is 25.9. The van der Waals surface area contributed by atoms with Gasteiger partial charge in [0.25, 0.3) is 0 Å². The lowest BCUT2D eigenvalue weighted by molar-refractivity contribution is -0.167. The van der Waals surface area contributed by atoms with Crippen molar-refractivity contribution in [3.8, 4) is 17.2 Å². The van der Waals surface area contributed by atoms with Crippen LogP contribution in [0.3, 0.4) is 0 Å². The van der Waals surface area contributed by atoms with E-state index in [4.69, 9.17) is 0 Å². The van der Waals surface area contributed by atoms with Crippen LogP contribution in [-0.4, -0.2) is 38.2 Å². The van der Waals surface area contributed by atoms with E-state index in [2.05, 4.69) is 45.3 Å². The van der Waals surface area contributed by atoms with Gasteiger partial charge in [0, 0.05) is 35.8 Å². The molecule has 0 aliphatic heterocycles. The molecule has 0 bridgehead atoms. The van der Waals surface area contributed by atoms with Gasteiger partial charge in [-0.05, 0) is 24.8 Å². The summed E-state index contributed by atoms with van der Waals surface area (Å²) in [6.07, 6.45) is 6.98. The van der Waals surface area contributed by atoms with Gasteiger partial charge in [0.1, 0.15) is 6.54 Å². The van der Waals surface area contributed by atoms with Gasteiger partial charge in [0.2, 0.25) is 0 Å². The molecular formula is C24H26F3N9O2. The van der Waals surface area contributed by atoms with E-state index in [9.17, 15) is 28.1 Å². The van der Waals surface area contributed by atoms with Gasteiger partial charge in [-0.2, -0.15) is 38.6 Å². The molecule has 0 saturated heterocycles. The van der Waals surface area contributed by atoms with Crippen LogP contribution >= 0.6 is 0 Å². The highest BCUT2D eigenvalue weighted by molar-refractivity contribution is 5.96. The van der Waals surface area contributed by atoms with E-state index in [1.807, 2.05) is 5.32 Å². The third-order valence-electron chi connectivity index (χ3n) is 6.12. The Bertz CT molecular complexity index is 1330. The number of anilines is 1. The van der Waals surface area contributed by atoms with E-state index in [1.54, 1.807) is 17.1 Å². The highest BCUT2D eigenvalue weighted by atomic mass is 19.4. The van der Waals surface area contributed by atoms with E-state index in [0.29, 0.717) is 34.5 Å². The van der Waals surface area contributed by atoms with E-state index in [-0.39, 0.29) is 18.3 Å². The molecule has 3 aromatic heterocycles. The molecule has 200 valence electrons. The Labute approximate surface area is 216 Å². The summed E-state index contributed by atoms with van der Waals surface area (Å²) in [6, 6.07) is 3.48. The number of aromatic nitrogens is 4. The molecule has 1 aliphatic rings. The summed E-state index contributed by atoms with van der Waals surface area (Å²) in [5.74, 6) is -1.76. The van der Waals surface area contributed by atoms with Gasteiger partial charge in [-0.1, -0.05) is 24.6 Å². The second-order valence-corrected chi connectivity index (χ2v) is 8.52. The topological polar surface area (TPSA) is 142 Å². The van der Waals surface area contributed by atoms with Crippen LogP contribution < -0.4 is 10.7 Å². The number of carbonyl (C=O) groups is 1. The van der Waals surface area contributed by atoms with Crippen LogP contribution in [0.2, 0.25) is 0 Å². The fourth-order valence-electron chi connectivity index (χ4n) is 4.51. The first-order chi connectivity index (χ1) is 18.2. The van der Waals surface area contributed by atoms with Crippen LogP contribution in [0.15, 0.2) is 53.9 Å². The van der Waals surface area contributed by atoms with Crippen molar-refractivity contribution in [3.05, 3.63) is 54.1 Å². The number of rotatable bonds is 9. The number of hydrogen-bond acceptors (Lipinski definition) is 8. The van der Waals surface area contributed by atoms with E-state index < -0.39 is 12.1 Å². The number of halogens is 3. The minimum atomic E-state index is -5.03. The first-order valence-corrected chi connectivity index (χ1v) is 11.6. The molecule has 1 atom stereocenters. The van der Waals surface area contributed by atoms with Crippen molar-refractivity contribution in [2.24, 2.45) is 16.2 Å². The zero-order valence-electron chi connectivity index (χ0n) is 20.4. The monoisotopic (exact) mass is 529 g/mol. The number of hydrazone groups is 1. The zero-order valence-corrected chi connectivity index (χ0v) is 20.4. The van der Waals surface area contributed by atoms with E-state index in [1.165, 1.54) is 29.2 Å². The fraction of sp³-hybridized carbons (Fsp3) is 0.375. The summed E-state index contributed by atoms with van der Waals surface area (Å²) in [7, 11) is 0. The molecule has 1 saturated carbocycles. The molecule has 3 heterocycles. The normalized spacial score (nSPS) is 14.2. The average Bonchev–Trinajstić information content (AvgIpc) is 3.64. The number of nitrogens with one attached hydrogen (secondary N) is 2. The molecule has 0 spiro atoms. The average molecular weight is 530 g/mol. The van der Waals surface area contributed by atoms with Gasteiger partial charge in [-0.3, -0.25) is 14.9 Å². The van der Waals surface area contributed by atoms with Crippen molar-refractivity contribution < 1.29 is 18.0 Å². The Morgan fingerprint density at radius 2 is 2.03 bits per heavy atom.